The summed E-state index contributed by atoms with van der Waals surface area (Å²) in [5.74, 6) is -1.62. The molecule has 0 spiro atoms. The summed E-state index contributed by atoms with van der Waals surface area (Å²) in [6.07, 6.45) is -4.69. The van der Waals surface area contributed by atoms with Crippen molar-refractivity contribution in [1.82, 2.24) is 0 Å². The number of alkyl halides is 3. The summed E-state index contributed by atoms with van der Waals surface area (Å²) in [7, 11) is 0. The van der Waals surface area contributed by atoms with Crippen molar-refractivity contribution in [1.29, 1.82) is 0 Å². The van der Waals surface area contributed by atoms with E-state index in [0.717, 1.165) is 6.07 Å². The molecule has 0 unspecified atom stereocenters. The molecule has 0 heterocycles. The number of benzene rings is 1. The molecule has 0 saturated heterocycles. The SMILES string of the molecule is O=C(O)c1c(Br)cc(Br)cc1C(F)(F)F. The summed E-state index contributed by atoms with van der Waals surface area (Å²) < 4.78 is 37.4. The number of hydrogen-bond donors (Lipinski definition) is 1. The lowest BCUT2D eigenvalue weighted by molar-refractivity contribution is -0.138. The highest BCUT2D eigenvalue weighted by atomic mass is 79.9. The van der Waals surface area contributed by atoms with E-state index in [0.29, 0.717) is 0 Å². The monoisotopic (exact) mass is 346 g/mol. The van der Waals surface area contributed by atoms with E-state index in [4.69, 9.17) is 5.11 Å². The number of aromatic carboxylic acids is 1. The van der Waals surface area contributed by atoms with Crippen LogP contribution in [0.3, 0.4) is 0 Å². The zero-order valence-electron chi connectivity index (χ0n) is 6.90. The van der Waals surface area contributed by atoms with Gasteiger partial charge in [-0.1, -0.05) is 15.9 Å². The molecule has 1 aromatic carbocycles. The number of hydrogen-bond acceptors (Lipinski definition) is 1. The normalized spacial score (nSPS) is 11.5. The fourth-order valence-corrected chi connectivity index (χ4v) is 2.41. The molecular weight excluding hydrogens is 345 g/mol. The van der Waals surface area contributed by atoms with Crippen molar-refractivity contribution in [3.05, 3.63) is 32.2 Å². The molecule has 0 aliphatic carbocycles. The molecule has 7 heteroatoms. The number of carboxylic acids is 1. The Morgan fingerprint density at radius 2 is 1.80 bits per heavy atom. The molecule has 0 atom stereocenters. The number of rotatable bonds is 1. The van der Waals surface area contributed by atoms with Gasteiger partial charge in [0.1, 0.15) is 0 Å². The van der Waals surface area contributed by atoms with Crippen molar-refractivity contribution in [3.8, 4) is 0 Å². The Morgan fingerprint density at radius 1 is 1.27 bits per heavy atom. The third-order valence-corrected chi connectivity index (χ3v) is 2.66. The fourth-order valence-electron chi connectivity index (χ4n) is 1.01. The average Bonchev–Trinajstić information content (AvgIpc) is 1.99. The minimum Gasteiger partial charge on any atom is -0.478 e. The van der Waals surface area contributed by atoms with Crippen molar-refractivity contribution >= 4 is 37.8 Å². The van der Waals surface area contributed by atoms with Crippen LogP contribution >= 0.6 is 31.9 Å². The number of halogens is 5. The van der Waals surface area contributed by atoms with Crippen LogP contribution in [-0.4, -0.2) is 11.1 Å². The lowest BCUT2D eigenvalue weighted by Crippen LogP contribution is -2.13. The zero-order valence-corrected chi connectivity index (χ0v) is 10.1. The smallest absolute Gasteiger partial charge is 0.417 e. The van der Waals surface area contributed by atoms with Gasteiger partial charge in [0.2, 0.25) is 0 Å². The van der Waals surface area contributed by atoms with Gasteiger partial charge in [0.25, 0.3) is 0 Å². The molecule has 1 N–H and O–H groups in total. The van der Waals surface area contributed by atoms with E-state index >= 15 is 0 Å². The molecule has 82 valence electrons. The predicted molar refractivity (Wildman–Crippen MR) is 53.8 cm³/mol. The van der Waals surface area contributed by atoms with Gasteiger partial charge >= 0.3 is 12.1 Å². The van der Waals surface area contributed by atoms with Crippen molar-refractivity contribution < 1.29 is 23.1 Å². The largest absolute Gasteiger partial charge is 0.478 e. The Kier molecular flexibility index (Phi) is 3.44. The van der Waals surface area contributed by atoms with E-state index in [1.165, 1.54) is 6.07 Å². The Balaban J connectivity index is 3.54. The van der Waals surface area contributed by atoms with Crippen LogP contribution in [0.4, 0.5) is 13.2 Å². The van der Waals surface area contributed by atoms with E-state index in [9.17, 15) is 18.0 Å². The molecule has 0 aliphatic heterocycles. The molecule has 0 fully saturated rings. The topological polar surface area (TPSA) is 37.3 Å². The van der Waals surface area contributed by atoms with E-state index < -0.39 is 23.3 Å². The van der Waals surface area contributed by atoms with Gasteiger partial charge < -0.3 is 5.11 Å². The highest BCUT2D eigenvalue weighted by Crippen LogP contribution is 2.37. The zero-order chi connectivity index (χ0) is 11.8. The van der Waals surface area contributed by atoms with Crippen molar-refractivity contribution in [2.75, 3.05) is 0 Å². The molecular formula is C8H3Br2F3O2. The van der Waals surface area contributed by atoms with Gasteiger partial charge in [0.05, 0.1) is 11.1 Å². The van der Waals surface area contributed by atoms with E-state index in [1.54, 1.807) is 0 Å². The molecule has 0 aromatic heterocycles. The van der Waals surface area contributed by atoms with Gasteiger partial charge in [0, 0.05) is 8.95 Å². The van der Waals surface area contributed by atoms with Crippen molar-refractivity contribution in [3.63, 3.8) is 0 Å². The Bertz CT molecular complexity index is 415. The van der Waals surface area contributed by atoms with Crippen LogP contribution in [0.5, 0.6) is 0 Å². The number of carboxylic acid groups (broad SMARTS) is 1. The van der Waals surface area contributed by atoms with Gasteiger partial charge in [0.15, 0.2) is 0 Å². The maximum Gasteiger partial charge on any atom is 0.417 e. The highest BCUT2D eigenvalue weighted by molar-refractivity contribution is 9.11. The Labute approximate surface area is 99.3 Å². The van der Waals surface area contributed by atoms with E-state index in [1.807, 2.05) is 0 Å². The molecule has 1 rings (SSSR count). The predicted octanol–water partition coefficient (Wildman–Crippen LogP) is 3.93. The molecule has 0 aliphatic rings. The maximum absolute atomic E-state index is 12.5. The first-order valence-corrected chi connectivity index (χ1v) is 5.11. The standard InChI is InChI=1S/C8H3Br2F3O2/c9-3-1-4(8(11,12)13)6(7(14)15)5(10)2-3/h1-2H,(H,14,15). The van der Waals surface area contributed by atoms with Gasteiger partial charge in [-0.25, -0.2) is 4.79 Å². The lowest BCUT2D eigenvalue weighted by Gasteiger charge is -2.12. The molecule has 15 heavy (non-hydrogen) atoms. The van der Waals surface area contributed by atoms with Crippen LogP contribution in [0.1, 0.15) is 15.9 Å². The minimum absolute atomic E-state index is 0.114. The second-order valence-electron chi connectivity index (χ2n) is 2.61. The first kappa shape index (κ1) is 12.5. The molecule has 0 amide bonds. The second-order valence-corrected chi connectivity index (χ2v) is 4.38. The fraction of sp³-hybridized carbons (Fsp3) is 0.125. The van der Waals surface area contributed by atoms with Crippen LogP contribution in [0, 0.1) is 0 Å². The summed E-state index contributed by atoms with van der Waals surface area (Å²) in [6.45, 7) is 0. The minimum atomic E-state index is -4.69. The van der Waals surface area contributed by atoms with E-state index in [2.05, 4.69) is 31.9 Å². The van der Waals surface area contributed by atoms with E-state index in [-0.39, 0.29) is 8.95 Å². The van der Waals surface area contributed by atoms with Gasteiger partial charge in [-0.2, -0.15) is 13.2 Å². The van der Waals surface area contributed by atoms with Crippen molar-refractivity contribution in [2.45, 2.75) is 6.18 Å². The average molecular weight is 348 g/mol. The molecule has 2 nitrogen and oxygen atoms in total. The second kappa shape index (κ2) is 4.13. The molecule has 1 aromatic rings. The van der Waals surface area contributed by atoms with Crippen LogP contribution in [-0.2, 0) is 6.18 Å². The molecule has 0 radical (unpaired) electrons. The first-order valence-electron chi connectivity index (χ1n) is 3.53. The summed E-state index contributed by atoms with van der Waals surface area (Å²) >= 11 is 5.65. The first-order chi connectivity index (χ1) is 6.73. The summed E-state index contributed by atoms with van der Waals surface area (Å²) in [5, 5.41) is 8.66. The quantitative estimate of drug-likeness (QED) is 0.835. The van der Waals surface area contributed by atoms with Crippen LogP contribution < -0.4 is 0 Å². The molecule has 0 saturated carbocycles. The Morgan fingerprint density at radius 3 is 2.20 bits per heavy atom. The van der Waals surface area contributed by atoms with Crippen LogP contribution in [0.15, 0.2) is 21.1 Å². The number of carbonyl (C=O) groups is 1. The Hall–Kier alpha value is -0.560. The summed E-state index contributed by atoms with van der Waals surface area (Å²) in [6, 6.07) is 1.98. The lowest BCUT2D eigenvalue weighted by atomic mass is 10.1. The van der Waals surface area contributed by atoms with Crippen molar-refractivity contribution in [2.24, 2.45) is 0 Å². The van der Waals surface area contributed by atoms with Gasteiger partial charge in [-0.15, -0.1) is 0 Å². The third kappa shape index (κ3) is 2.72. The van der Waals surface area contributed by atoms with Crippen LogP contribution in [0.25, 0.3) is 0 Å². The summed E-state index contributed by atoms with van der Waals surface area (Å²) in [5.41, 5.74) is -1.97. The van der Waals surface area contributed by atoms with Gasteiger partial charge in [-0.3, -0.25) is 0 Å². The summed E-state index contributed by atoms with van der Waals surface area (Å²) in [4.78, 5) is 10.7. The van der Waals surface area contributed by atoms with Gasteiger partial charge in [-0.05, 0) is 28.1 Å². The molecule has 0 bridgehead atoms. The maximum atomic E-state index is 12.5. The van der Waals surface area contributed by atoms with Crippen LogP contribution in [0.2, 0.25) is 0 Å². The highest BCUT2D eigenvalue weighted by Gasteiger charge is 2.36. The third-order valence-electron chi connectivity index (χ3n) is 1.57.